The van der Waals surface area contributed by atoms with E-state index in [9.17, 15) is 19.5 Å². The minimum absolute atomic E-state index is 0.180. The SMILES string of the molecule is CC/C=C\C/C=C\C/C=C\C/C=C\C/C=C\CCCCCCCC(=O)OC(COC(=O)CCCCCCCCCCCCCCCCCCCCCC/C=C\C/C=C\C/C=C\C/C=C\CC)COC(OCC[N+](C)(C)C)C(=O)O. The van der Waals surface area contributed by atoms with E-state index in [0.717, 1.165) is 109 Å². The Labute approximate surface area is 485 Å². The van der Waals surface area contributed by atoms with Crippen LogP contribution in [0.1, 0.15) is 258 Å². The fourth-order valence-corrected chi connectivity index (χ4v) is 8.68. The molecule has 2 atom stereocenters. The van der Waals surface area contributed by atoms with Gasteiger partial charge >= 0.3 is 17.9 Å². The zero-order valence-corrected chi connectivity index (χ0v) is 51.5. The Morgan fingerprint density at radius 3 is 1.01 bits per heavy atom. The van der Waals surface area contributed by atoms with Crippen LogP contribution in [0.15, 0.2) is 109 Å². The molecular weight excluding hydrogens is 983 g/mol. The van der Waals surface area contributed by atoms with Crippen LogP contribution >= 0.6 is 0 Å². The highest BCUT2D eigenvalue weighted by Crippen LogP contribution is 2.17. The molecule has 0 aromatic heterocycles. The van der Waals surface area contributed by atoms with Crippen LogP contribution < -0.4 is 0 Å². The number of likely N-dealkylation sites (N-methyl/N-ethyl adjacent to an activating group) is 1. The number of unbranched alkanes of at least 4 members (excludes halogenated alkanes) is 25. The number of carbonyl (C=O) groups is 3. The number of carboxylic acid groups (broad SMARTS) is 1. The lowest BCUT2D eigenvalue weighted by Gasteiger charge is -2.25. The summed E-state index contributed by atoms with van der Waals surface area (Å²) in [5.74, 6) is -2.03. The number of esters is 2. The number of rotatable bonds is 58. The van der Waals surface area contributed by atoms with Crippen LogP contribution in [-0.4, -0.2) is 87.4 Å². The summed E-state index contributed by atoms with van der Waals surface area (Å²) in [6.07, 6.45) is 80.5. The number of aliphatic carboxylic acids is 1. The molecule has 0 aromatic rings. The fraction of sp³-hybridized carbons (Fsp3) is 0.700. The Balaban J connectivity index is 4.14. The van der Waals surface area contributed by atoms with Crippen molar-refractivity contribution in [3.05, 3.63) is 109 Å². The van der Waals surface area contributed by atoms with E-state index in [0.29, 0.717) is 23.9 Å². The molecule has 0 rings (SSSR count). The fourth-order valence-electron chi connectivity index (χ4n) is 8.68. The molecule has 0 saturated carbocycles. The van der Waals surface area contributed by atoms with Gasteiger partial charge in [-0.2, -0.15) is 0 Å². The summed E-state index contributed by atoms with van der Waals surface area (Å²) in [6, 6.07) is 0. The summed E-state index contributed by atoms with van der Waals surface area (Å²) in [5, 5.41) is 9.72. The molecule has 0 aliphatic rings. The Kier molecular flexibility index (Phi) is 57.0. The smallest absolute Gasteiger partial charge is 0.361 e. The monoisotopic (exact) mass is 1100 g/mol. The third kappa shape index (κ3) is 61.4. The second-order valence-corrected chi connectivity index (χ2v) is 22.3. The highest BCUT2D eigenvalue weighted by Gasteiger charge is 2.25. The maximum absolute atomic E-state index is 12.9. The Morgan fingerprint density at radius 2 is 0.684 bits per heavy atom. The lowest BCUT2D eigenvalue weighted by molar-refractivity contribution is -0.870. The van der Waals surface area contributed by atoms with Crippen molar-refractivity contribution in [1.82, 2.24) is 0 Å². The first-order chi connectivity index (χ1) is 38.6. The molecule has 0 saturated heterocycles. The van der Waals surface area contributed by atoms with Crippen LogP contribution in [0, 0.1) is 0 Å². The van der Waals surface area contributed by atoms with Crippen molar-refractivity contribution in [3.8, 4) is 0 Å². The molecule has 452 valence electrons. The van der Waals surface area contributed by atoms with Gasteiger partial charge in [0.05, 0.1) is 34.4 Å². The second kappa shape index (κ2) is 60.1. The van der Waals surface area contributed by atoms with Crippen LogP contribution in [0.3, 0.4) is 0 Å². The highest BCUT2D eigenvalue weighted by atomic mass is 16.7. The molecule has 9 nitrogen and oxygen atoms in total. The van der Waals surface area contributed by atoms with Gasteiger partial charge < -0.3 is 28.5 Å². The maximum atomic E-state index is 12.9. The number of ether oxygens (including phenoxy) is 4. The van der Waals surface area contributed by atoms with Crippen molar-refractivity contribution in [2.24, 2.45) is 0 Å². The van der Waals surface area contributed by atoms with Crippen LogP contribution in [0.5, 0.6) is 0 Å². The lowest BCUT2D eigenvalue weighted by Crippen LogP contribution is -2.40. The van der Waals surface area contributed by atoms with Crippen molar-refractivity contribution in [2.45, 2.75) is 270 Å². The molecule has 0 radical (unpaired) electrons. The average molecular weight is 1100 g/mol. The van der Waals surface area contributed by atoms with Crippen LogP contribution in [0.25, 0.3) is 0 Å². The molecule has 0 aromatic carbocycles. The number of allylic oxidation sites excluding steroid dienone is 18. The molecule has 79 heavy (non-hydrogen) atoms. The van der Waals surface area contributed by atoms with E-state index >= 15 is 0 Å². The minimum Gasteiger partial charge on any atom is -0.477 e. The standard InChI is InChI=1S/C70H119NO8/c1-6-8-10-12-14-16-18-20-22-24-26-28-29-30-31-32-33-34-35-36-37-38-39-41-42-44-46-48-50-52-54-56-58-60-67(72)77-64-66(65-78-70(69(74)75)76-63-62-71(3,4)5)79-68(73)61-59-57-55-53-51-49-47-45-43-40-27-25-23-21-19-17-15-13-11-9-7-2/h8-11,14-17,20-23,26-28,40,45,47,66,70H,6-7,12-13,18-19,24-25,29-39,41-44,46,48-65H2,1-5H3/p+1/b10-8-,11-9-,16-14-,17-15-,22-20-,23-21-,28-26-,40-27-,47-45-. The number of hydrogen-bond donors (Lipinski definition) is 1. The van der Waals surface area contributed by atoms with Gasteiger partial charge in [-0.05, 0) is 96.3 Å². The first kappa shape index (κ1) is 75.0. The van der Waals surface area contributed by atoms with Crippen molar-refractivity contribution in [3.63, 3.8) is 0 Å². The van der Waals surface area contributed by atoms with E-state index in [1.165, 1.54) is 116 Å². The van der Waals surface area contributed by atoms with Crippen molar-refractivity contribution >= 4 is 17.9 Å². The summed E-state index contributed by atoms with van der Waals surface area (Å²) >= 11 is 0. The molecule has 9 heteroatoms. The quantitative estimate of drug-likeness (QED) is 0.0211. The predicted octanol–water partition coefficient (Wildman–Crippen LogP) is 19.5. The number of hydrogen-bond acceptors (Lipinski definition) is 7. The summed E-state index contributed by atoms with van der Waals surface area (Å²) in [7, 11) is 5.96. The molecule has 0 amide bonds. The zero-order chi connectivity index (χ0) is 57.6. The van der Waals surface area contributed by atoms with Crippen molar-refractivity contribution < 1.29 is 42.9 Å². The van der Waals surface area contributed by atoms with Crippen molar-refractivity contribution in [1.29, 1.82) is 0 Å². The molecule has 0 aliphatic heterocycles. The van der Waals surface area contributed by atoms with Crippen LogP contribution in [-0.2, 0) is 33.3 Å². The predicted molar refractivity (Wildman–Crippen MR) is 336 cm³/mol. The van der Waals surface area contributed by atoms with E-state index in [2.05, 4.69) is 123 Å². The number of quaternary nitrogens is 1. The van der Waals surface area contributed by atoms with E-state index in [1.807, 2.05) is 21.1 Å². The summed E-state index contributed by atoms with van der Waals surface area (Å²) in [6.45, 7) is 4.64. The van der Waals surface area contributed by atoms with Gasteiger partial charge in [-0.25, -0.2) is 4.79 Å². The van der Waals surface area contributed by atoms with E-state index in [-0.39, 0.29) is 32.2 Å². The van der Waals surface area contributed by atoms with E-state index in [4.69, 9.17) is 18.9 Å². The van der Waals surface area contributed by atoms with E-state index in [1.54, 1.807) is 0 Å². The molecular formula is C70H120NO8+. The average Bonchev–Trinajstić information content (AvgIpc) is 3.42. The minimum atomic E-state index is -1.52. The molecule has 1 N–H and O–H groups in total. The lowest BCUT2D eigenvalue weighted by atomic mass is 10.0. The molecule has 0 heterocycles. The number of carboxylic acids is 1. The Hall–Kier alpha value is -4.05. The summed E-state index contributed by atoms with van der Waals surface area (Å²) in [4.78, 5) is 37.5. The highest BCUT2D eigenvalue weighted by molar-refractivity contribution is 5.71. The zero-order valence-electron chi connectivity index (χ0n) is 51.5. The second-order valence-electron chi connectivity index (χ2n) is 22.3. The van der Waals surface area contributed by atoms with Gasteiger partial charge in [0.1, 0.15) is 13.2 Å². The van der Waals surface area contributed by atoms with Gasteiger partial charge in [0.15, 0.2) is 6.10 Å². The van der Waals surface area contributed by atoms with Gasteiger partial charge in [0.2, 0.25) is 0 Å². The maximum Gasteiger partial charge on any atom is 0.361 e. The van der Waals surface area contributed by atoms with Gasteiger partial charge in [0.25, 0.3) is 6.29 Å². The summed E-state index contributed by atoms with van der Waals surface area (Å²) in [5.41, 5.74) is 0. The van der Waals surface area contributed by atoms with Gasteiger partial charge in [-0.1, -0.05) is 258 Å². The largest absolute Gasteiger partial charge is 0.477 e. The number of carbonyl (C=O) groups excluding carboxylic acids is 2. The van der Waals surface area contributed by atoms with Crippen molar-refractivity contribution in [2.75, 3.05) is 47.5 Å². The van der Waals surface area contributed by atoms with Gasteiger partial charge in [-0.15, -0.1) is 0 Å². The van der Waals surface area contributed by atoms with Gasteiger partial charge in [-0.3, -0.25) is 9.59 Å². The number of nitrogens with zero attached hydrogens (tertiary/aromatic N) is 1. The third-order valence-corrected chi connectivity index (χ3v) is 13.5. The molecule has 0 bridgehead atoms. The molecule has 0 fully saturated rings. The molecule has 0 spiro atoms. The van der Waals surface area contributed by atoms with Crippen LogP contribution in [0.2, 0.25) is 0 Å². The van der Waals surface area contributed by atoms with Gasteiger partial charge in [0, 0.05) is 12.8 Å². The summed E-state index contributed by atoms with van der Waals surface area (Å²) < 4.78 is 22.9. The Bertz CT molecular complexity index is 1660. The molecule has 0 aliphatic carbocycles. The Morgan fingerprint density at radius 1 is 0.380 bits per heavy atom. The van der Waals surface area contributed by atoms with Crippen LogP contribution in [0.4, 0.5) is 0 Å². The molecule has 2 unspecified atom stereocenters. The first-order valence-electron chi connectivity index (χ1n) is 32.1. The topological polar surface area (TPSA) is 108 Å². The van der Waals surface area contributed by atoms with E-state index < -0.39 is 24.3 Å². The third-order valence-electron chi connectivity index (χ3n) is 13.5. The first-order valence-corrected chi connectivity index (χ1v) is 32.1. The normalized spacial score (nSPS) is 13.5.